The van der Waals surface area contributed by atoms with Crippen molar-refractivity contribution in [1.82, 2.24) is 4.98 Å². The molecule has 0 fully saturated rings. The number of ether oxygens (including phenoxy) is 1. The van der Waals surface area contributed by atoms with Gasteiger partial charge in [0.1, 0.15) is 12.4 Å². The van der Waals surface area contributed by atoms with E-state index in [0.29, 0.717) is 17.4 Å². The van der Waals surface area contributed by atoms with Crippen LogP contribution in [-0.2, 0) is 6.61 Å². The molecule has 122 valence electrons. The summed E-state index contributed by atoms with van der Waals surface area (Å²) in [5.41, 5.74) is 2.68. The molecular formula is C18H17N3O2S. The van der Waals surface area contributed by atoms with Crippen molar-refractivity contribution in [1.29, 1.82) is 0 Å². The van der Waals surface area contributed by atoms with Gasteiger partial charge in [0.15, 0.2) is 5.13 Å². The van der Waals surface area contributed by atoms with E-state index < -0.39 is 0 Å². The van der Waals surface area contributed by atoms with Crippen molar-refractivity contribution < 1.29 is 9.53 Å². The highest BCUT2D eigenvalue weighted by atomic mass is 32.1. The third-order valence-corrected chi connectivity index (χ3v) is 4.08. The normalized spacial score (nSPS) is 10.2. The Labute approximate surface area is 144 Å². The minimum atomic E-state index is -0.317. The summed E-state index contributed by atoms with van der Waals surface area (Å²) in [5, 5.41) is 7.92. The first-order valence-electron chi connectivity index (χ1n) is 7.46. The van der Waals surface area contributed by atoms with Crippen molar-refractivity contribution in [3.63, 3.8) is 0 Å². The zero-order valence-corrected chi connectivity index (χ0v) is 14.0. The van der Waals surface area contributed by atoms with Crippen molar-refractivity contribution in [2.24, 2.45) is 0 Å². The van der Waals surface area contributed by atoms with Crippen molar-refractivity contribution in [2.45, 2.75) is 13.5 Å². The fourth-order valence-electron chi connectivity index (χ4n) is 2.05. The van der Waals surface area contributed by atoms with Crippen LogP contribution >= 0.6 is 11.3 Å². The molecule has 5 nitrogen and oxygen atoms in total. The van der Waals surface area contributed by atoms with E-state index in [0.717, 1.165) is 17.0 Å². The Kier molecular flexibility index (Phi) is 5.08. The summed E-state index contributed by atoms with van der Waals surface area (Å²) in [6.07, 6.45) is 0. The third-order valence-electron chi connectivity index (χ3n) is 3.20. The van der Waals surface area contributed by atoms with E-state index in [1.807, 2.05) is 54.8 Å². The molecule has 1 aromatic heterocycles. The molecule has 2 N–H and O–H groups in total. The molecule has 2 amide bonds. The lowest BCUT2D eigenvalue weighted by atomic mass is 10.2. The van der Waals surface area contributed by atoms with E-state index in [2.05, 4.69) is 15.6 Å². The number of thiazole rings is 1. The van der Waals surface area contributed by atoms with E-state index in [1.54, 1.807) is 12.1 Å². The molecular weight excluding hydrogens is 322 g/mol. The van der Waals surface area contributed by atoms with E-state index in [-0.39, 0.29) is 6.03 Å². The van der Waals surface area contributed by atoms with Gasteiger partial charge in [0.05, 0.1) is 5.69 Å². The van der Waals surface area contributed by atoms with Crippen molar-refractivity contribution in [3.05, 3.63) is 71.2 Å². The highest BCUT2D eigenvalue weighted by molar-refractivity contribution is 7.13. The second-order valence-corrected chi connectivity index (χ2v) is 6.03. The topological polar surface area (TPSA) is 63.2 Å². The standard InChI is InChI=1S/C18H17N3O2S/c1-13-12-24-18(19-13)21-17(22)20-15-7-9-16(10-8-15)23-11-14-5-3-2-4-6-14/h2-10,12H,11H2,1H3,(H2,19,20,21,22). The van der Waals surface area contributed by atoms with Crippen LogP contribution in [0.1, 0.15) is 11.3 Å². The molecule has 0 aliphatic heterocycles. The molecule has 0 atom stereocenters. The average molecular weight is 339 g/mol. The zero-order chi connectivity index (χ0) is 16.8. The van der Waals surface area contributed by atoms with Crippen molar-refractivity contribution >= 4 is 28.2 Å². The maximum atomic E-state index is 11.9. The molecule has 0 aliphatic carbocycles. The number of anilines is 2. The molecule has 0 spiro atoms. The smallest absolute Gasteiger partial charge is 0.325 e. The lowest BCUT2D eigenvalue weighted by Crippen LogP contribution is -2.19. The summed E-state index contributed by atoms with van der Waals surface area (Å²) in [5.74, 6) is 0.750. The second kappa shape index (κ2) is 7.61. The summed E-state index contributed by atoms with van der Waals surface area (Å²) >= 11 is 1.39. The number of amides is 2. The molecule has 0 aliphatic rings. The minimum absolute atomic E-state index is 0.317. The number of rotatable bonds is 5. The molecule has 2 aromatic carbocycles. The number of urea groups is 1. The first kappa shape index (κ1) is 16.0. The number of carbonyl (C=O) groups excluding carboxylic acids is 1. The molecule has 3 aromatic rings. The number of carbonyl (C=O) groups is 1. The Hall–Kier alpha value is -2.86. The summed E-state index contributed by atoms with van der Waals surface area (Å²) < 4.78 is 5.71. The highest BCUT2D eigenvalue weighted by Crippen LogP contribution is 2.18. The summed E-state index contributed by atoms with van der Waals surface area (Å²) in [6, 6.07) is 16.9. The predicted molar refractivity (Wildman–Crippen MR) is 96.7 cm³/mol. The molecule has 24 heavy (non-hydrogen) atoms. The number of aryl methyl sites for hydroxylation is 1. The van der Waals surface area contributed by atoms with Gasteiger partial charge in [-0.3, -0.25) is 5.32 Å². The Balaban J connectivity index is 1.51. The lowest BCUT2D eigenvalue weighted by Gasteiger charge is -2.08. The van der Waals surface area contributed by atoms with Gasteiger partial charge >= 0.3 is 6.03 Å². The monoisotopic (exact) mass is 339 g/mol. The SMILES string of the molecule is Cc1csc(NC(=O)Nc2ccc(OCc3ccccc3)cc2)n1. The molecule has 0 unspecified atom stereocenters. The molecule has 0 radical (unpaired) electrons. The van der Waals surface area contributed by atoms with Crippen LogP contribution in [0.15, 0.2) is 60.0 Å². The maximum absolute atomic E-state index is 11.9. The van der Waals surface area contributed by atoms with Gasteiger partial charge in [0, 0.05) is 11.1 Å². The largest absolute Gasteiger partial charge is 0.489 e. The van der Waals surface area contributed by atoms with Crippen LogP contribution in [0.5, 0.6) is 5.75 Å². The van der Waals surface area contributed by atoms with Gasteiger partial charge in [0.2, 0.25) is 0 Å². The van der Waals surface area contributed by atoms with Crippen LogP contribution in [0, 0.1) is 6.92 Å². The Bertz CT molecular complexity index is 801. The second-order valence-electron chi connectivity index (χ2n) is 5.17. The number of nitrogens with zero attached hydrogens (tertiary/aromatic N) is 1. The average Bonchev–Trinajstić information content (AvgIpc) is 3.00. The lowest BCUT2D eigenvalue weighted by molar-refractivity contribution is 0.262. The first-order chi connectivity index (χ1) is 11.7. The first-order valence-corrected chi connectivity index (χ1v) is 8.34. The minimum Gasteiger partial charge on any atom is -0.489 e. The Morgan fingerprint density at radius 2 is 1.83 bits per heavy atom. The van der Waals surface area contributed by atoms with Gasteiger partial charge in [0.25, 0.3) is 0 Å². The van der Waals surface area contributed by atoms with E-state index >= 15 is 0 Å². The zero-order valence-electron chi connectivity index (χ0n) is 13.2. The van der Waals surface area contributed by atoms with E-state index in [1.165, 1.54) is 11.3 Å². The predicted octanol–water partition coefficient (Wildman–Crippen LogP) is 4.67. The number of hydrogen-bond donors (Lipinski definition) is 2. The van der Waals surface area contributed by atoms with Gasteiger partial charge in [-0.1, -0.05) is 30.3 Å². The van der Waals surface area contributed by atoms with Gasteiger partial charge in [-0.25, -0.2) is 9.78 Å². The molecule has 1 heterocycles. The van der Waals surface area contributed by atoms with Crippen LogP contribution in [-0.4, -0.2) is 11.0 Å². The van der Waals surface area contributed by atoms with Crippen LogP contribution in [0.25, 0.3) is 0 Å². The van der Waals surface area contributed by atoms with Crippen molar-refractivity contribution in [3.8, 4) is 5.75 Å². The van der Waals surface area contributed by atoms with Crippen LogP contribution in [0.3, 0.4) is 0 Å². The summed E-state index contributed by atoms with van der Waals surface area (Å²) in [6.45, 7) is 2.39. The molecule has 6 heteroatoms. The van der Waals surface area contributed by atoms with Gasteiger partial charge in [-0.15, -0.1) is 11.3 Å². The van der Waals surface area contributed by atoms with Gasteiger partial charge in [-0.05, 0) is 36.8 Å². The fraction of sp³-hybridized carbons (Fsp3) is 0.111. The molecule has 0 saturated heterocycles. The number of nitrogens with one attached hydrogen (secondary N) is 2. The Morgan fingerprint density at radius 1 is 1.08 bits per heavy atom. The van der Waals surface area contributed by atoms with E-state index in [9.17, 15) is 4.79 Å². The molecule has 0 saturated carbocycles. The van der Waals surface area contributed by atoms with Crippen LogP contribution in [0.4, 0.5) is 15.6 Å². The molecule has 3 rings (SSSR count). The number of aromatic nitrogens is 1. The van der Waals surface area contributed by atoms with Crippen molar-refractivity contribution in [2.75, 3.05) is 10.6 Å². The quantitative estimate of drug-likeness (QED) is 0.710. The van der Waals surface area contributed by atoms with Crippen LogP contribution in [0.2, 0.25) is 0 Å². The summed E-state index contributed by atoms with van der Waals surface area (Å²) in [7, 11) is 0. The third kappa shape index (κ3) is 4.57. The molecule has 0 bridgehead atoms. The van der Waals surface area contributed by atoms with E-state index in [4.69, 9.17) is 4.74 Å². The summed E-state index contributed by atoms with van der Waals surface area (Å²) in [4.78, 5) is 16.1. The maximum Gasteiger partial charge on any atom is 0.325 e. The van der Waals surface area contributed by atoms with Crippen LogP contribution < -0.4 is 15.4 Å². The van der Waals surface area contributed by atoms with Gasteiger partial charge < -0.3 is 10.1 Å². The number of hydrogen-bond acceptors (Lipinski definition) is 4. The fourth-order valence-corrected chi connectivity index (χ4v) is 2.73. The van der Waals surface area contributed by atoms with Gasteiger partial charge in [-0.2, -0.15) is 0 Å². The highest BCUT2D eigenvalue weighted by Gasteiger charge is 2.05. The number of benzene rings is 2. The Morgan fingerprint density at radius 3 is 2.50 bits per heavy atom.